The fourth-order valence-corrected chi connectivity index (χ4v) is 4.03. The minimum Gasteiger partial charge on any atom is -0.376 e. The number of aromatic nitrogens is 5. The van der Waals surface area contributed by atoms with Crippen LogP contribution in [0.3, 0.4) is 0 Å². The Hall–Kier alpha value is -3.55. The lowest BCUT2D eigenvalue weighted by Crippen LogP contribution is -2.42. The second-order valence-electron chi connectivity index (χ2n) is 7.21. The van der Waals surface area contributed by atoms with E-state index in [-0.39, 0.29) is 17.4 Å². The molecular weight excluding hydrogens is 359 g/mol. The third-order valence-electron chi connectivity index (χ3n) is 5.45. The summed E-state index contributed by atoms with van der Waals surface area (Å²) in [7, 11) is 0. The van der Waals surface area contributed by atoms with Crippen LogP contribution in [0.4, 0.5) is 10.1 Å². The molecule has 0 saturated carbocycles. The molecule has 2 unspecified atom stereocenters. The highest BCUT2D eigenvalue weighted by molar-refractivity contribution is 5.97. The van der Waals surface area contributed by atoms with Gasteiger partial charge in [0.1, 0.15) is 11.6 Å². The number of benzene rings is 2. The van der Waals surface area contributed by atoms with Crippen molar-refractivity contribution in [2.75, 3.05) is 5.32 Å². The monoisotopic (exact) mass is 376 g/mol. The number of rotatable bonds is 2. The number of nitrogens with zero attached hydrogens (tertiary/aromatic N) is 3. The number of hydrogen-bond donors (Lipinski definition) is 3. The van der Waals surface area contributed by atoms with Gasteiger partial charge in [0, 0.05) is 11.1 Å². The maximum Gasteiger partial charge on any atom is 0.272 e. The van der Waals surface area contributed by atoms with Gasteiger partial charge in [-0.25, -0.2) is 14.5 Å². The van der Waals surface area contributed by atoms with Gasteiger partial charge in [-0.1, -0.05) is 18.2 Å². The Balaban J connectivity index is 1.85. The van der Waals surface area contributed by atoms with Crippen LogP contribution in [0, 0.1) is 12.7 Å². The fourth-order valence-electron chi connectivity index (χ4n) is 4.03. The van der Waals surface area contributed by atoms with Gasteiger partial charge >= 0.3 is 0 Å². The van der Waals surface area contributed by atoms with Crippen LogP contribution in [0.15, 0.2) is 47.3 Å². The van der Waals surface area contributed by atoms with Gasteiger partial charge in [0.25, 0.3) is 5.56 Å². The van der Waals surface area contributed by atoms with Gasteiger partial charge < -0.3 is 5.32 Å². The first-order valence-electron chi connectivity index (χ1n) is 8.92. The van der Waals surface area contributed by atoms with E-state index in [0.717, 1.165) is 16.6 Å². The lowest BCUT2D eigenvalue weighted by Gasteiger charge is -2.40. The number of halogens is 1. The summed E-state index contributed by atoms with van der Waals surface area (Å²) < 4.78 is 13.5. The van der Waals surface area contributed by atoms with Gasteiger partial charge in [0.2, 0.25) is 0 Å². The molecule has 3 heterocycles. The molecule has 0 fully saturated rings. The van der Waals surface area contributed by atoms with Crippen molar-refractivity contribution in [2.24, 2.45) is 0 Å². The van der Waals surface area contributed by atoms with Crippen molar-refractivity contribution in [1.82, 2.24) is 25.4 Å². The van der Waals surface area contributed by atoms with Crippen molar-refractivity contribution >= 4 is 16.5 Å². The average Bonchev–Trinajstić information content (AvgIpc) is 3.14. The van der Waals surface area contributed by atoms with Crippen molar-refractivity contribution < 1.29 is 4.39 Å². The molecule has 1 aliphatic heterocycles. The molecular formula is C20H17FN6O. The van der Waals surface area contributed by atoms with Crippen molar-refractivity contribution in [2.45, 2.75) is 25.3 Å². The van der Waals surface area contributed by atoms with E-state index in [1.165, 1.54) is 12.1 Å². The highest BCUT2D eigenvalue weighted by Crippen LogP contribution is 2.49. The number of aryl methyl sites for hydroxylation is 1. The van der Waals surface area contributed by atoms with E-state index in [2.05, 4.69) is 30.7 Å². The zero-order valence-electron chi connectivity index (χ0n) is 15.2. The minimum absolute atomic E-state index is 0.254. The second-order valence-corrected chi connectivity index (χ2v) is 7.21. The summed E-state index contributed by atoms with van der Waals surface area (Å²) in [6, 6.07) is 11.5. The predicted octanol–water partition coefficient (Wildman–Crippen LogP) is 2.96. The molecule has 0 saturated heterocycles. The van der Waals surface area contributed by atoms with Gasteiger partial charge in [-0.2, -0.15) is 10.2 Å². The Bertz CT molecular complexity index is 1260. The summed E-state index contributed by atoms with van der Waals surface area (Å²) in [5, 5.41) is 19.1. The molecule has 2 aromatic heterocycles. The third-order valence-corrected chi connectivity index (χ3v) is 5.45. The number of anilines is 1. The van der Waals surface area contributed by atoms with Gasteiger partial charge in [-0.05, 0) is 43.7 Å². The first-order chi connectivity index (χ1) is 13.5. The van der Waals surface area contributed by atoms with Crippen LogP contribution in [-0.4, -0.2) is 25.4 Å². The number of hydrogen-bond acceptors (Lipinski definition) is 5. The smallest absolute Gasteiger partial charge is 0.272 e. The van der Waals surface area contributed by atoms with Crippen molar-refractivity contribution in [3.05, 3.63) is 81.5 Å². The van der Waals surface area contributed by atoms with E-state index in [4.69, 9.17) is 0 Å². The highest BCUT2D eigenvalue weighted by Gasteiger charge is 2.48. The molecule has 28 heavy (non-hydrogen) atoms. The largest absolute Gasteiger partial charge is 0.376 e. The first-order valence-corrected chi connectivity index (χ1v) is 8.92. The summed E-state index contributed by atoms with van der Waals surface area (Å²) >= 11 is 0. The lowest BCUT2D eigenvalue weighted by molar-refractivity contribution is 0.437. The first kappa shape index (κ1) is 16.6. The van der Waals surface area contributed by atoms with Gasteiger partial charge in [0.05, 0.1) is 22.5 Å². The van der Waals surface area contributed by atoms with Crippen LogP contribution in [0.25, 0.3) is 10.8 Å². The van der Waals surface area contributed by atoms with Crippen LogP contribution in [0.2, 0.25) is 0 Å². The number of H-pyrrole nitrogens is 2. The van der Waals surface area contributed by atoms with Crippen molar-refractivity contribution in [3.8, 4) is 0 Å². The maximum absolute atomic E-state index is 13.5. The molecule has 2 aromatic carbocycles. The molecule has 0 aliphatic carbocycles. The number of aromatic amines is 2. The molecule has 0 radical (unpaired) electrons. The Kier molecular flexibility index (Phi) is 3.39. The fraction of sp³-hybridized carbons (Fsp3) is 0.200. The summed E-state index contributed by atoms with van der Waals surface area (Å²) in [6.07, 6.45) is 0. The summed E-state index contributed by atoms with van der Waals surface area (Å²) in [6.45, 7) is 3.81. The molecule has 5 rings (SSSR count). The molecule has 8 heteroatoms. The molecule has 7 nitrogen and oxygen atoms in total. The highest BCUT2D eigenvalue weighted by atomic mass is 19.1. The SMILES string of the molecule is Cc1nc(C2(C)c3n[nH]c(=O)c4cccc(c34)NC2c2ccc(F)cc2)n[nH]1. The Morgan fingerprint density at radius 2 is 1.86 bits per heavy atom. The van der Waals surface area contributed by atoms with Gasteiger partial charge in [0.15, 0.2) is 5.82 Å². The molecule has 0 bridgehead atoms. The van der Waals surface area contributed by atoms with Crippen LogP contribution < -0.4 is 10.9 Å². The van der Waals surface area contributed by atoms with E-state index in [1.54, 1.807) is 18.2 Å². The van der Waals surface area contributed by atoms with Gasteiger partial charge in [-0.15, -0.1) is 0 Å². The quantitative estimate of drug-likeness (QED) is 0.499. The summed E-state index contributed by atoms with van der Waals surface area (Å²) in [5.74, 6) is 0.913. The predicted molar refractivity (Wildman–Crippen MR) is 103 cm³/mol. The van der Waals surface area contributed by atoms with Crippen molar-refractivity contribution in [1.29, 1.82) is 0 Å². The van der Waals surface area contributed by atoms with E-state index >= 15 is 0 Å². The zero-order chi connectivity index (χ0) is 19.5. The Morgan fingerprint density at radius 3 is 2.57 bits per heavy atom. The summed E-state index contributed by atoms with van der Waals surface area (Å²) in [5.41, 5.74) is 1.27. The van der Waals surface area contributed by atoms with E-state index < -0.39 is 5.41 Å². The maximum atomic E-state index is 13.5. The molecule has 0 spiro atoms. The zero-order valence-corrected chi connectivity index (χ0v) is 15.2. The Morgan fingerprint density at radius 1 is 1.07 bits per heavy atom. The van der Waals surface area contributed by atoms with Crippen LogP contribution in [-0.2, 0) is 5.41 Å². The Labute approximate surface area is 159 Å². The average molecular weight is 376 g/mol. The second kappa shape index (κ2) is 5.72. The molecule has 2 atom stereocenters. The lowest BCUT2D eigenvalue weighted by atomic mass is 9.71. The number of nitrogens with one attached hydrogen (secondary N) is 3. The van der Waals surface area contributed by atoms with E-state index in [0.29, 0.717) is 22.7 Å². The third kappa shape index (κ3) is 2.20. The van der Waals surface area contributed by atoms with E-state index in [9.17, 15) is 9.18 Å². The van der Waals surface area contributed by atoms with E-state index in [1.807, 2.05) is 26.0 Å². The minimum atomic E-state index is -0.806. The summed E-state index contributed by atoms with van der Waals surface area (Å²) in [4.78, 5) is 16.9. The normalized spacial score (nSPS) is 20.9. The molecule has 140 valence electrons. The molecule has 1 aliphatic rings. The van der Waals surface area contributed by atoms with Crippen LogP contribution in [0.1, 0.15) is 35.9 Å². The molecule has 4 aromatic rings. The molecule has 3 N–H and O–H groups in total. The standard InChI is InChI=1S/C20H17FN6O/c1-10-22-19(27-24-10)20(2)16(11-6-8-12(21)9-7-11)23-14-5-3-4-13-15(14)17(20)25-26-18(13)28/h3-9,16,23H,1-2H3,(H,26,28)(H,22,24,27). The van der Waals surface area contributed by atoms with Crippen molar-refractivity contribution in [3.63, 3.8) is 0 Å². The topological polar surface area (TPSA) is 99.3 Å². The molecule has 0 amide bonds. The van der Waals surface area contributed by atoms with Crippen LogP contribution in [0.5, 0.6) is 0 Å². The van der Waals surface area contributed by atoms with Gasteiger partial charge in [-0.3, -0.25) is 9.89 Å². The van der Waals surface area contributed by atoms with Crippen LogP contribution >= 0.6 is 0 Å².